The normalized spacial score (nSPS) is 12.0. The molecule has 1 heterocycles. The number of aromatic amines is 1. The quantitative estimate of drug-likeness (QED) is 0.711. The highest BCUT2D eigenvalue weighted by atomic mass is 79.9. The molecule has 0 aliphatic carbocycles. The Morgan fingerprint density at radius 3 is 3.00 bits per heavy atom. The molecule has 0 aromatic carbocycles. The third-order valence-electron chi connectivity index (χ3n) is 0.964. The van der Waals surface area contributed by atoms with Gasteiger partial charge in [-0.1, -0.05) is 15.9 Å². The predicted octanol–water partition coefficient (Wildman–Crippen LogP) is 0.180. The van der Waals surface area contributed by atoms with E-state index in [0.717, 1.165) is 4.68 Å². The van der Waals surface area contributed by atoms with Gasteiger partial charge in [0.2, 0.25) is 0 Å². The van der Waals surface area contributed by atoms with Gasteiger partial charge in [-0.3, -0.25) is 0 Å². The first-order valence-electron chi connectivity index (χ1n) is 2.53. The molecular formula is C4H5BrN4O. The van der Waals surface area contributed by atoms with Gasteiger partial charge in [0.1, 0.15) is 0 Å². The van der Waals surface area contributed by atoms with Crippen molar-refractivity contribution < 1.29 is 0 Å². The highest BCUT2D eigenvalue weighted by Gasteiger charge is 1.97. The van der Waals surface area contributed by atoms with Crippen LogP contribution < -0.4 is 5.69 Å². The van der Waals surface area contributed by atoms with Crippen LogP contribution in [0.3, 0.4) is 0 Å². The molecule has 1 aromatic rings. The molecule has 0 aliphatic heterocycles. The van der Waals surface area contributed by atoms with Crippen LogP contribution in [-0.4, -0.2) is 20.2 Å². The lowest BCUT2D eigenvalue weighted by Gasteiger charge is -1.91. The monoisotopic (exact) mass is 204 g/mol. The van der Waals surface area contributed by atoms with Crippen molar-refractivity contribution >= 4 is 21.6 Å². The summed E-state index contributed by atoms with van der Waals surface area (Å²) in [6.45, 7) is 1.73. The van der Waals surface area contributed by atoms with Crippen LogP contribution in [0.5, 0.6) is 0 Å². The van der Waals surface area contributed by atoms with Crippen LogP contribution >= 0.6 is 15.9 Å². The number of H-pyrrole nitrogens is 1. The molecular weight excluding hydrogens is 200 g/mol. The lowest BCUT2D eigenvalue weighted by molar-refractivity contribution is 0.791. The van der Waals surface area contributed by atoms with Crippen molar-refractivity contribution in [2.24, 2.45) is 0 Å². The van der Waals surface area contributed by atoms with Crippen molar-refractivity contribution in [1.29, 1.82) is 0 Å². The van der Waals surface area contributed by atoms with E-state index in [9.17, 15) is 4.79 Å². The van der Waals surface area contributed by atoms with Crippen molar-refractivity contribution in [3.63, 3.8) is 0 Å². The fourth-order valence-corrected chi connectivity index (χ4v) is 0.669. The maximum Gasteiger partial charge on any atom is 0.365 e. The van der Waals surface area contributed by atoms with E-state index in [-0.39, 0.29) is 5.69 Å². The fraction of sp³-hybridized carbons (Fsp3) is 0.250. The topological polar surface area (TPSA) is 63.6 Å². The van der Waals surface area contributed by atoms with Crippen LogP contribution in [0.15, 0.2) is 9.78 Å². The summed E-state index contributed by atoms with van der Waals surface area (Å²) in [5, 5.41) is 8.96. The zero-order chi connectivity index (χ0) is 7.56. The van der Waals surface area contributed by atoms with Gasteiger partial charge >= 0.3 is 5.69 Å². The van der Waals surface area contributed by atoms with Crippen LogP contribution in [0.4, 0.5) is 0 Å². The summed E-state index contributed by atoms with van der Waals surface area (Å²) in [4.78, 5) is 12.3. The van der Waals surface area contributed by atoms with Gasteiger partial charge in [-0.05, 0) is 17.4 Å². The van der Waals surface area contributed by atoms with E-state index in [4.69, 9.17) is 0 Å². The summed E-state index contributed by atoms with van der Waals surface area (Å²) >= 11 is 3.07. The molecule has 0 saturated heterocycles. The minimum absolute atomic E-state index is 0.340. The number of allylic oxidation sites excluding steroid dienone is 1. The zero-order valence-electron chi connectivity index (χ0n) is 5.21. The molecule has 5 nitrogen and oxygen atoms in total. The predicted molar refractivity (Wildman–Crippen MR) is 39.5 cm³/mol. The van der Waals surface area contributed by atoms with Gasteiger partial charge in [-0.25, -0.2) is 9.89 Å². The Kier molecular flexibility index (Phi) is 2.00. The molecule has 0 bridgehead atoms. The number of nitrogens with zero attached hydrogens (tertiary/aromatic N) is 3. The highest BCUT2D eigenvalue weighted by Crippen LogP contribution is 1.98. The molecule has 0 saturated carbocycles. The Morgan fingerprint density at radius 2 is 2.60 bits per heavy atom. The number of hydrogen-bond donors (Lipinski definition) is 1. The van der Waals surface area contributed by atoms with E-state index in [0.29, 0.717) is 5.70 Å². The maximum absolute atomic E-state index is 10.7. The van der Waals surface area contributed by atoms with E-state index >= 15 is 0 Å². The molecule has 0 radical (unpaired) electrons. The van der Waals surface area contributed by atoms with Crippen LogP contribution in [0, 0.1) is 0 Å². The molecule has 6 heteroatoms. The minimum Gasteiger partial charge on any atom is -0.244 e. The second-order valence-electron chi connectivity index (χ2n) is 1.67. The Morgan fingerprint density at radius 1 is 1.90 bits per heavy atom. The summed E-state index contributed by atoms with van der Waals surface area (Å²) in [6, 6.07) is 0. The molecule has 0 aliphatic rings. The Balaban J connectivity index is 3.18. The Hall–Kier alpha value is -0.910. The molecule has 0 fully saturated rings. The molecule has 1 N–H and O–H groups in total. The number of tetrazole rings is 1. The summed E-state index contributed by atoms with van der Waals surface area (Å²) < 4.78 is 1.15. The molecule has 1 aromatic heterocycles. The van der Waals surface area contributed by atoms with Crippen molar-refractivity contribution in [3.05, 3.63) is 15.5 Å². The van der Waals surface area contributed by atoms with Crippen LogP contribution in [0.1, 0.15) is 6.92 Å². The van der Waals surface area contributed by atoms with Gasteiger partial charge in [-0.2, -0.15) is 4.68 Å². The van der Waals surface area contributed by atoms with E-state index < -0.39 is 0 Å². The first kappa shape index (κ1) is 7.20. The Bertz CT molecular complexity index is 298. The molecule has 0 unspecified atom stereocenters. The first-order chi connectivity index (χ1) is 4.75. The van der Waals surface area contributed by atoms with Gasteiger partial charge in [0.05, 0.1) is 5.70 Å². The molecule has 0 spiro atoms. The fourth-order valence-electron chi connectivity index (χ4n) is 0.475. The largest absolute Gasteiger partial charge is 0.365 e. The van der Waals surface area contributed by atoms with Crippen molar-refractivity contribution in [2.45, 2.75) is 6.92 Å². The van der Waals surface area contributed by atoms with Gasteiger partial charge in [-0.15, -0.1) is 0 Å². The molecule has 1 rings (SSSR count). The maximum atomic E-state index is 10.7. The lowest BCUT2D eigenvalue weighted by atomic mass is 10.6. The average Bonchev–Trinajstić information content (AvgIpc) is 2.34. The summed E-state index contributed by atoms with van der Waals surface area (Å²) in [5.74, 6) is 0. The van der Waals surface area contributed by atoms with Crippen molar-refractivity contribution in [1.82, 2.24) is 20.2 Å². The lowest BCUT2D eigenvalue weighted by Crippen LogP contribution is -2.15. The summed E-state index contributed by atoms with van der Waals surface area (Å²) in [7, 11) is 0. The zero-order valence-corrected chi connectivity index (χ0v) is 6.79. The van der Waals surface area contributed by atoms with Gasteiger partial charge < -0.3 is 0 Å². The van der Waals surface area contributed by atoms with E-state index in [2.05, 4.69) is 31.5 Å². The second kappa shape index (κ2) is 2.78. The number of nitrogens with one attached hydrogen (secondary N) is 1. The number of rotatable bonds is 1. The van der Waals surface area contributed by atoms with Gasteiger partial charge in [0.25, 0.3) is 0 Å². The van der Waals surface area contributed by atoms with Crippen LogP contribution in [-0.2, 0) is 0 Å². The van der Waals surface area contributed by atoms with Gasteiger partial charge in [0.15, 0.2) is 0 Å². The number of halogens is 1. The SMILES string of the molecule is CC(=CBr)n1nn[nH]c1=O. The van der Waals surface area contributed by atoms with E-state index in [1.165, 1.54) is 0 Å². The van der Waals surface area contributed by atoms with Crippen LogP contribution in [0.25, 0.3) is 5.70 Å². The highest BCUT2D eigenvalue weighted by molar-refractivity contribution is 9.11. The number of aromatic nitrogens is 4. The van der Waals surface area contributed by atoms with Crippen LogP contribution in [0.2, 0.25) is 0 Å². The minimum atomic E-state index is -0.340. The third kappa shape index (κ3) is 1.15. The van der Waals surface area contributed by atoms with Crippen molar-refractivity contribution in [3.8, 4) is 0 Å². The standard InChI is InChI=1S/C4H5BrN4O/c1-3(2-5)9-4(10)6-7-8-9/h2H,1H3,(H,6,8,10). The second-order valence-corrected chi connectivity index (χ2v) is 2.13. The summed E-state index contributed by atoms with van der Waals surface area (Å²) in [5.41, 5.74) is 0.340. The average molecular weight is 205 g/mol. The Labute approximate surface area is 64.8 Å². The van der Waals surface area contributed by atoms with E-state index in [1.807, 2.05) is 0 Å². The molecule has 10 heavy (non-hydrogen) atoms. The number of hydrogen-bond acceptors (Lipinski definition) is 3. The van der Waals surface area contributed by atoms with Crippen molar-refractivity contribution in [2.75, 3.05) is 0 Å². The van der Waals surface area contributed by atoms with Gasteiger partial charge in [0, 0.05) is 4.99 Å². The smallest absolute Gasteiger partial charge is 0.244 e. The third-order valence-corrected chi connectivity index (χ3v) is 1.63. The first-order valence-corrected chi connectivity index (χ1v) is 3.45. The molecule has 0 atom stereocenters. The summed E-state index contributed by atoms with van der Waals surface area (Å²) in [6.07, 6.45) is 0. The molecule has 54 valence electrons. The molecule has 0 amide bonds. The van der Waals surface area contributed by atoms with E-state index in [1.54, 1.807) is 11.9 Å².